The van der Waals surface area contributed by atoms with Crippen LogP contribution >= 0.6 is 0 Å². The molecular weight excluding hydrogens is 238 g/mol. The molecule has 1 aromatic heterocycles. The zero-order valence-corrected chi connectivity index (χ0v) is 10.9. The number of benzene rings is 1. The number of para-hydroxylation sites is 1. The highest BCUT2D eigenvalue weighted by atomic mass is 15.1. The number of nitrogens with zero attached hydrogens (tertiary/aromatic N) is 3. The molecule has 5 nitrogen and oxygen atoms in total. The van der Waals surface area contributed by atoms with E-state index in [1.807, 2.05) is 48.7 Å². The molecule has 0 aliphatic rings. The van der Waals surface area contributed by atoms with Crippen LogP contribution in [-0.4, -0.2) is 10.5 Å². The van der Waals surface area contributed by atoms with Crippen LogP contribution in [0.1, 0.15) is 16.8 Å². The van der Waals surface area contributed by atoms with Gasteiger partial charge in [0, 0.05) is 11.4 Å². The van der Waals surface area contributed by atoms with E-state index in [1.54, 1.807) is 0 Å². The molecule has 96 valence electrons. The van der Waals surface area contributed by atoms with Crippen LogP contribution in [0.25, 0.3) is 5.69 Å². The van der Waals surface area contributed by atoms with Gasteiger partial charge in [-0.15, -0.1) is 0 Å². The molecule has 0 atom stereocenters. The zero-order valence-electron chi connectivity index (χ0n) is 10.9. The van der Waals surface area contributed by atoms with Crippen molar-refractivity contribution in [2.24, 2.45) is 16.5 Å². The molecule has 0 aliphatic carbocycles. The molecule has 0 amide bonds. The summed E-state index contributed by atoms with van der Waals surface area (Å²) in [7, 11) is 0. The predicted octanol–water partition coefficient (Wildman–Crippen LogP) is 1.87. The minimum absolute atomic E-state index is 0.0637. The molecule has 0 unspecified atom stereocenters. The van der Waals surface area contributed by atoms with Crippen molar-refractivity contribution in [2.75, 3.05) is 0 Å². The zero-order chi connectivity index (χ0) is 14.0. The summed E-state index contributed by atoms with van der Waals surface area (Å²) in [4.78, 5) is 4.10. The van der Waals surface area contributed by atoms with E-state index in [9.17, 15) is 5.26 Å². The van der Waals surface area contributed by atoms with Gasteiger partial charge in [0.25, 0.3) is 0 Å². The highest BCUT2D eigenvalue weighted by Gasteiger charge is 2.18. The molecule has 1 aromatic carbocycles. The number of hydrogen-bond acceptors (Lipinski definition) is 2. The summed E-state index contributed by atoms with van der Waals surface area (Å²) in [5.74, 6) is 0.412. The Bertz CT molecular complexity index is 670. The third-order valence-electron chi connectivity index (χ3n) is 3.05. The molecule has 5 heteroatoms. The van der Waals surface area contributed by atoms with Crippen LogP contribution in [0.3, 0.4) is 0 Å². The molecule has 4 N–H and O–H groups in total. The summed E-state index contributed by atoms with van der Waals surface area (Å²) >= 11 is 0. The molecule has 0 saturated heterocycles. The van der Waals surface area contributed by atoms with E-state index in [4.69, 9.17) is 11.5 Å². The monoisotopic (exact) mass is 253 g/mol. The van der Waals surface area contributed by atoms with Gasteiger partial charge in [-0.1, -0.05) is 18.2 Å². The summed E-state index contributed by atoms with van der Waals surface area (Å²) in [5.41, 5.74) is 14.2. The van der Waals surface area contributed by atoms with Crippen molar-refractivity contribution in [1.29, 1.82) is 5.26 Å². The van der Waals surface area contributed by atoms with Crippen LogP contribution in [-0.2, 0) is 0 Å². The Kier molecular flexibility index (Phi) is 3.25. The fourth-order valence-electron chi connectivity index (χ4n) is 2.04. The molecule has 2 rings (SSSR count). The van der Waals surface area contributed by atoms with E-state index >= 15 is 0 Å². The van der Waals surface area contributed by atoms with Gasteiger partial charge in [-0.3, -0.25) is 4.57 Å². The van der Waals surface area contributed by atoms with Gasteiger partial charge in [0.15, 0.2) is 11.8 Å². The number of nitrogens with two attached hydrogens (primary N) is 2. The van der Waals surface area contributed by atoms with Crippen molar-refractivity contribution in [1.82, 2.24) is 4.57 Å². The third kappa shape index (κ3) is 2.16. The summed E-state index contributed by atoms with van der Waals surface area (Å²) in [6, 6.07) is 11.8. The first kappa shape index (κ1) is 12.7. The van der Waals surface area contributed by atoms with Gasteiger partial charge < -0.3 is 11.5 Å². The highest BCUT2D eigenvalue weighted by Crippen LogP contribution is 2.31. The number of aromatic nitrogens is 1. The number of nitriles is 1. The van der Waals surface area contributed by atoms with Gasteiger partial charge in [-0.2, -0.15) is 10.3 Å². The van der Waals surface area contributed by atoms with E-state index < -0.39 is 0 Å². The van der Waals surface area contributed by atoms with Crippen molar-refractivity contribution < 1.29 is 0 Å². The van der Waals surface area contributed by atoms with Gasteiger partial charge in [0.1, 0.15) is 11.6 Å². The van der Waals surface area contributed by atoms with Crippen molar-refractivity contribution >= 4 is 11.8 Å². The van der Waals surface area contributed by atoms with E-state index in [0.29, 0.717) is 11.4 Å². The van der Waals surface area contributed by atoms with Crippen molar-refractivity contribution in [3.8, 4) is 11.8 Å². The molecule has 0 spiro atoms. The van der Waals surface area contributed by atoms with Crippen molar-refractivity contribution in [3.63, 3.8) is 0 Å². The normalized spacial score (nSPS) is 9.95. The van der Waals surface area contributed by atoms with E-state index in [2.05, 4.69) is 11.1 Å². The van der Waals surface area contributed by atoms with Crippen LogP contribution < -0.4 is 11.5 Å². The van der Waals surface area contributed by atoms with Gasteiger partial charge in [0.2, 0.25) is 0 Å². The first-order chi connectivity index (χ1) is 9.06. The predicted molar refractivity (Wildman–Crippen MR) is 75.4 cm³/mol. The molecule has 1 heterocycles. The molecule has 0 bridgehead atoms. The second-order valence-corrected chi connectivity index (χ2v) is 4.23. The lowest BCUT2D eigenvalue weighted by Gasteiger charge is -2.09. The van der Waals surface area contributed by atoms with Crippen LogP contribution in [0, 0.1) is 25.2 Å². The Labute approximate surface area is 111 Å². The molecule has 0 aliphatic heterocycles. The lowest BCUT2D eigenvalue weighted by atomic mass is 10.2. The Morgan fingerprint density at radius 3 is 2.37 bits per heavy atom. The largest absolute Gasteiger partial charge is 0.370 e. The fraction of sp³-hybridized carbons (Fsp3) is 0.143. The average molecular weight is 253 g/mol. The maximum Gasteiger partial charge on any atom is 0.192 e. The molecule has 0 radical (unpaired) electrons. The Balaban J connectivity index is 2.81. The molecular formula is C14H15N5. The summed E-state index contributed by atoms with van der Waals surface area (Å²) < 4.78 is 1.88. The van der Waals surface area contributed by atoms with Gasteiger partial charge in [-0.05, 0) is 31.5 Å². The highest BCUT2D eigenvalue weighted by molar-refractivity contribution is 5.80. The van der Waals surface area contributed by atoms with Gasteiger partial charge in [-0.25, -0.2) is 0 Å². The van der Waals surface area contributed by atoms with Crippen LogP contribution in [0.15, 0.2) is 35.3 Å². The maximum atomic E-state index is 9.28. The first-order valence-corrected chi connectivity index (χ1v) is 5.83. The quantitative estimate of drug-likeness (QED) is 0.632. The lowest BCUT2D eigenvalue weighted by molar-refractivity contribution is 0.998. The summed E-state index contributed by atoms with van der Waals surface area (Å²) in [5, 5.41) is 9.28. The Hall–Kier alpha value is -2.74. The number of aliphatic imine (C=N–C) groups is 1. The molecule has 0 fully saturated rings. The fourth-order valence-corrected chi connectivity index (χ4v) is 2.04. The molecule has 0 saturated carbocycles. The second kappa shape index (κ2) is 4.86. The molecule has 2 aromatic rings. The van der Waals surface area contributed by atoms with Crippen LogP contribution in [0.4, 0.5) is 5.82 Å². The average Bonchev–Trinajstić information content (AvgIpc) is 2.62. The topological polar surface area (TPSA) is 93.1 Å². The lowest BCUT2D eigenvalue weighted by Crippen LogP contribution is -2.22. The number of rotatable bonds is 2. The number of hydrogen-bond donors (Lipinski definition) is 2. The van der Waals surface area contributed by atoms with E-state index in [-0.39, 0.29) is 5.96 Å². The second-order valence-electron chi connectivity index (χ2n) is 4.23. The van der Waals surface area contributed by atoms with Crippen LogP contribution in [0.5, 0.6) is 0 Å². The maximum absolute atomic E-state index is 9.28. The first-order valence-electron chi connectivity index (χ1n) is 5.83. The third-order valence-corrected chi connectivity index (χ3v) is 3.05. The number of guanidine groups is 1. The van der Waals surface area contributed by atoms with E-state index in [0.717, 1.165) is 16.9 Å². The summed E-state index contributed by atoms with van der Waals surface area (Å²) in [6.45, 7) is 3.83. The summed E-state index contributed by atoms with van der Waals surface area (Å²) in [6.07, 6.45) is 0. The van der Waals surface area contributed by atoms with Crippen LogP contribution in [0.2, 0.25) is 0 Å². The van der Waals surface area contributed by atoms with E-state index in [1.165, 1.54) is 0 Å². The Morgan fingerprint density at radius 1 is 1.21 bits per heavy atom. The smallest absolute Gasteiger partial charge is 0.192 e. The van der Waals surface area contributed by atoms with Crippen molar-refractivity contribution in [3.05, 3.63) is 47.2 Å². The SMILES string of the molecule is Cc1c(C#N)c(N=C(N)N)n(-c2ccccc2)c1C. The molecule has 19 heavy (non-hydrogen) atoms. The van der Waals surface area contributed by atoms with Gasteiger partial charge >= 0.3 is 0 Å². The minimum atomic E-state index is -0.0637. The standard InChI is InChI=1S/C14H15N5/c1-9-10(2)19(11-6-4-3-5-7-11)13(12(9)8-15)18-14(16)17/h3-7H,1-2H3,(H4,16,17,18). The van der Waals surface area contributed by atoms with Crippen molar-refractivity contribution in [2.45, 2.75) is 13.8 Å². The Morgan fingerprint density at radius 2 is 1.84 bits per heavy atom. The van der Waals surface area contributed by atoms with Gasteiger partial charge in [0.05, 0.1) is 0 Å². The minimum Gasteiger partial charge on any atom is -0.370 e.